The van der Waals surface area contributed by atoms with Crippen LogP contribution in [0.3, 0.4) is 0 Å². The number of carbonyl (C=O) groups excluding carboxylic acids is 1. The van der Waals surface area contributed by atoms with E-state index in [1.165, 1.54) is 0 Å². The molecule has 0 bridgehead atoms. The molecular formula is C26H28N3O3+. The number of carbonyl (C=O) groups is 1. The fourth-order valence-electron chi connectivity index (χ4n) is 5.19. The molecule has 2 aliphatic rings. The van der Waals surface area contributed by atoms with E-state index >= 15 is 0 Å². The van der Waals surface area contributed by atoms with Crippen molar-refractivity contribution in [1.29, 1.82) is 0 Å². The van der Waals surface area contributed by atoms with Crippen molar-refractivity contribution in [3.8, 4) is 11.1 Å². The van der Waals surface area contributed by atoms with Gasteiger partial charge in [-0.05, 0) is 17.5 Å². The molecule has 1 saturated heterocycles. The highest BCUT2D eigenvalue weighted by molar-refractivity contribution is 5.96. The van der Waals surface area contributed by atoms with Crippen molar-refractivity contribution in [3.63, 3.8) is 0 Å². The van der Waals surface area contributed by atoms with Crippen LogP contribution in [0.1, 0.15) is 29.7 Å². The Hall–Kier alpha value is -3.09. The maximum absolute atomic E-state index is 13.5. The Bertz CT molecular complexity index is 1090. The zero-order valence-electron chi connectivity index (χ0n) is 18.3. The monoisotopic (exact) mass is 430 g/mol. The molecule has 5 rings (SSSR count). The molecule has 2 unspecified atom stereocenters. The van der Waals surface area contributed by atoms with Gasteiger partial charge in [0.25, 0.3) is 0 Å². The largest absolute Gasteiger partial charge is 0.454 e. The quantitative estimate of drug-likeness (QED) is 0.498. The van der Waals surface area contributed by atoms with Crippen LogP contribution in [-0.2, 0) is 21.6 Å². The van der Waals surface area contributed by atoms with E-state index in [2.05, 4.69) is 17.0 Å². The first kappa shape index (κ1) is 20.8. The lowest BCUT2D eigenvalue weighted by molar-refractivity contribution is -0.916. The Labute approximate surface area is 188 Å². The summed E-state index contributed by atoms with van der Waals surface area (Å²) in [5.74, 6) is -0.581. The van der Waals surface area contributed by atoms with Crippen molar-refractivity contribution in [2.75, 3.05) is 26.7 Å². The number of esters is 1. The van der Waals surface area contributed by atoms with Gasteiger partial charge in [0.15, 0.2) is 6.10 Å². The number of hydrogen-bond donors (Lipinski definition) is 1. The SMILES string of the molecule is C[N+]1(CCc2cnccn2)CCCC(OC(=O)C2(O)c3ccccc3-c3ccccc32)C1. The molecule has 2 atom stereocenters. The summed E-state index contributed by atoms with van der Waals surface area (Å²) in [5.41, 5.74) is 2.17. The molecule has 1 fully saturated rings. The Kier molecular flexibility index (Phi) is 5.27. The molecule has 0 saturated carbocycles. The van der Waals surface area contributed by atoms with Gasteiger partial charge in [-0.1, -0.05) is 48.5 Å². The van der Waals surface area contributed by atoms with E-state index in [4.69, 9.17) is 4.74 Å². The number of likely N-dealkylation sites (tertiary alicyclic amines) is 1. The molecule has 1 aliphatic heterocycles. The molecule has 0 spiro atoms. The molecule has 32 heavy (non-hydrogen) atoms. The van der Waals surface area contributed by atoms with Crippen molar-refractivity contribution in [3.05, 3.63) is 83.9 Å². The molecular weight excluding hydrogens is 402 g/mol. The summed E-state index contributed by atoms with van der Waals surface area (Å²) in [6.07, 6.45) is 7.58. The van der Waals surface area contributed by atoms with E-state index in [-0.39, 0.29) is 6.10 Å². The molecule has 0 amide bonds. The Morgan fingerprint density at radius 1 is 1.12 bits per heavy atom. The number of ether oxygens (including phenoxy) is 1. The fraction of sp³-hybridized carbons (Fsp3) is 0.346. The maximum atomic E-state index is 13.5. The number of quaternary nitrogens is 1. The van der Waals surface area contributed by atoms with Gasteiger partial charge in [-0.3, -0.25) is 9.97 Å². The van der Waals surface area contributed by atoms with Crippen molar-refractivity contribution in [1.82, 2.24) is 9.97 Å². The highest BCUT2D eigenvalue weighted by Crippen LogP contribution is 2.48. The van der Waals surface area contributed by atoms with Crippen LogP contribution >= 0.6 is 0 Å². The number of aliphatic hydroxyl groups is 1. The minimum Gasteiger partial charge on any atom is -0.454 e. The van der Waals surface area contributed by atoms with Crippen LogP contribution in [0.5, 0.6) is 0 Å². The highest BCUT2D eigenvalue weighted by atomic mass is 16.6. The van der Waals surface area contributed by atoms with Crippen molar-refractivity contribution in [2.24, 2.45) is 0 Å². The normalized spacial score (nSPS) is 23.2. The number of aromatic nitrogens is 2. The predicted molar refractivity (Wildman–Crippen MR) is 121 cm³/mol. The van der Waals surface area contributed by atoms with Gasteiger partial charge in [0, 0.05) is 42.6 Å². The van der Waals surface area contributed by atoms with Crippen LogP contribution in [-0.4, -0.2) is 58.3 Å². The molecule has 6 heteroatoms. The number of nitrogens with zero attached hydrogens (tertiary/aromatic N) is 3. The second-order valence-electron chi connectivity index (χ2n) is 9.17. The van der Waals surface area contributed by atoms with Gasteiger partial charge in [0.1, 0.15) is 6.54 Å². The molecule has 2 aromatic carbocycles. The van der Waals surface area contributed by atoms with E-state index in [1.54, 1.807) is 18.6 Å². The third-order valence-corrected chi connectivity index (χ3v) is 6.89. The van der Waals surface area contributed by atoms with Gasteiger partial charge >= 0.3 is 5.97 Å². The van der Waals surface area contributed by atoms with Gasteiger partial charge in [-0.25, -0.2) is 4.79 Å². The van der Waals surface area contributed by atoms with Gasteiger partial charge in [-0.15, -0.1) is 0 Å². The summed E-state index contributed by atoms with van der Waals surface area (Å²) in [6, 6.07) is 15.1. The Morgan fingerprint density at radius 3 is 2.47 bits per heavy atom. The third kappa shape index (κ3) is 3.59. The second kappa shape index (κ2) is 8.11. The van der Waals surface area contributed by atoms with Crippen molar-refractivity contribution >= 4 is 5.97 Å². The van der Waals surface area contributed by atoms with E-state index in [0.717, 1.165) is 60.2 Å². The molecule has 1 aliphatic carbocycles. The average molecular weight is 431 g/mol. The van der Waals surface area contributed by atoms with Crippen LogP contribution in [0.4, 0.5) is 0 Å². The summed E-state index contributed by atoms with van der Waals surface area (Å²) in [4.78, 5) is 22.0. The smallest absolute Gasteiger partial charge is 0.348 e. The van der Waals surface area contributed by atoms with Crippen LogP contribution in [0.2, 0.25) is 0 Å². The van der Waals surface area contributed by atoms with Gasteiger partial charge in [-0.2, -0.15) is 0 Å². The molecule has 164 valence electrons. The lowest BCUT2D eigenvalue weighted by Crippen LogP contribution is -2.55. The van der Waals surface area contributed by atoms with Crippen LogP contribution in [0, 0.1) is 0 Å². The van der Waals surface area contributed by atoms with E-state index in [1.807, 2.05) is 48.5 Å². The molecule has 1 N–H and O–H groups in total. The van der Waals surface area contributed by atoms with E-state index in [0.29, 0.717) is 11.1 Å². The minimum absolute atomic E-state index is 0.230. The number of hydrogen-bond acceptors (Lipinski definition) is 5. The molecule has 0 radical (unpaired) electrons. The minimum atomic E-state index is -1.77. The lowest BCUT2D eigenvalue weighted by atomic mass is 9.91. The number of piperidine rings is 1. The highest BCUT2D eigenvalue weighted by Gasteiger charge is 2.50. The Morgan fingerprint density at radius 2 is 1.81 bits per heavy atom. The maximum Gasteiger partial charge on any atom is 0.348 e. The fourth-order valence-corrected chi connectivity index (χ4v) is 5.19. The third-order valence-electron chi connectivity index (χ3n) is 6.89. The summed E-state index contributed by atoms with van der Waals surface area (Å²) >= 11 is 0. The molecule has 1 aromatic heterocycles. The topological polar surface area (TPSA) is 72.3 Å². The molecule has 6 nitrogen and oxygen atoms in total. The number of likely N-dealkylation sites (N-methyl/N-ethyl adjacent to an activating group) is 1. The summed E-state index contributed by atoms with van der Waals surface area (Å²) in [7, 11) is 2.20. The lowest BCUT2D eigenvalue weighted by Gasteiger charge is -2.41. The molecule has 2 heterocycles. The predicted octanol–water partition coefficient (Wildman–Crippen LogP) is 3.09. The van der Waals surface area contributed by atoms with E-state index in [9.17, 15) is 9.90 Å². The van der Waals surface area contributed by atoms with Crippen LogP contribution in [0.15, 0.2) is 67.1 Å². The van der Waals surface area contributed by atoms with Gasteiger partial charge < -0.3 is 14.3 Å². The Balaban J connectivity index is 1.34. The second-order valence-corrected chi connectivity index (χ2v) is 9.17. The van der Waals surface area contributed by atoms with Crippen molar-refractivity contribution < 1.29 is 19.1 Å². The summed E-state index contributed by atoms with van der Waals surface area (Å²) in [5, 5.41) is 11.7. The summed E-state index contributed by atoms with van der Waals surface area (Å²) in [6.45, 7) is 2.66. The zero-order valence-corrected chi connectivity index (χ0v) is 18.3. The van der Waals surface area contributed by atoms with E-state index < -0.39 is 11.6 Å². The number of fused-ring (bicyclic) bond motifs is 3. The zero-order chi connectivity index (χ0) is 22.2. The summed E-state index contributed by atoms with van der Waals surface area (Å²) < 4.78 is 6.81. The first-order valence-corrected chi connectivity index (χ1v) is 11.2. The molecule has 3 aromatic rings. The van der Waals surface area contributed by atoms with Crippen LogP contribution < -0.4 is 0 Å². The first-order chi connectivity index (χ1) is 15.5. The standard InChI is InChI=1S/C26H28N3O3/c1-29(16-12-19-17-27-13-14-28-19)15-6-7-20(18-29)32-25(30)26(31)23-10-4-2-8-21(23)22-9-3-5-11-24(22)26/h2-5,8-11,13-14,17,20,31H,6-7,12,15-16,18H2,1H3/q+1. The number of benzene rings is 2. The van der Waals surface area contributed by atoms with Gasteiger partial charge in [0.2, 0.25) is 5.60 Å². The average Bonchev–Trinajstić information content (AvgIpc) is 3.09. The van der Waals surface area contributed by atoms with Crippen LogP contribution in [0.25, 0.3) is 11.1 Å². The number of rotatable bonds is 5. The first-order valence-electron chi connectivity index (χ1n) is 11.2. The van der Waals surface area contributed by atoms with Gasteiger partial charge in [0.05, 0.1) is 25.8 Å². The van der Waals surface area contributed by atoms with Crippen molar-refractivity contribution in [2.45, 2.75) is 31.0 Å².